The molecule has 2 aromatic heterocycles. The quantitative estimate of drug-likeness (QED) is 0.807. The Morgan fingerprint density at radius 1 is 1.47 bits per heavy atom. The molecule has 7 heteroatoms. The summed E-state index contributed by atoms with van der Waals surface area (Å²) in [5.41, 5.74) is 0.791. The fraction of sp³-hybridized carbons (Fsp3) is 0.300. The Morgan fingerprint density at radius 3 is 2.76 bits per heavy atom. The Kier molecular flexibility index (Phi) is 3.39. The zero-order valence-electron chi connectivity index (χ0n) is 9.41. The van der Waals surface area contributed by atoms with Crippen LogP contribution in [0.1, 0.15) is 5.69 Å². The number of aryl methyl sites for hydroxylation is 2. The molecule has 2 rings (SSSR count). The van der Waals surface area contributed by atoms with Gasteiger partial charge in [0.25, 0.3) is 5.91 Å². The fourth-order valence-corrected chi connectivity index (χ4v) is 2.79. The molecule has 2 heterocycles. The SMILES string of the molecule is Cc1csc(=O)n1CC(=O)N=c1sccn1C. The lowest BCUT2D eigenvalue weighted by atomic mass is 10.5. The predicted molar refractivity (Wildman–Crippen MR) is 67.2 cm³/mol. The van der Waals surface area contributed by atoms with Gasteiger partial charge < -0.3 is 4.57 Å². The molecule has 0 unspecified atom stereocenters. The van der Waals surface area contributed by atoms with Crippen LogP contribution < -0.4 is 9.67 Å². The summed E-state index contributed by atoms with van der Waals surface area (Å²) in [6, 6.07) is 0. The molecule has 0 radical (unpaired) electrons. The minimum atomic E-state index is -0.313. The van der Waals surface area contributed by atoms with Gasteiger partial charge in [-0.15, -0.1) is 11.3 Å². The third-order valence-electron chi connectivity index (χ3n) is 2.25. The van der Waals surface area contributed by atoms with E-state index in [4.69, 9.17) is 0 Å². The van der Waals surface area contributed by atoms with Crippen molar-refractivity contribution in [2.24, 2.45) is 12.0 Å². The molecule has 0 aliphatic rings. The summed E-state index contributed by atoms with van der Waals surface area (Å²) in [7, 11) is 1.82. The Labute approximate surface area is 105 Å². The van der Waals surface area contributed by atoms with Gasteiger partial charge in [-0.3, -0.25) is 14.2 Å². The Morgan fingerprint density at radius 2 is 2.24 bits per heavy atom. The van der Waals surface area contributed by atoms with Gasteiger partial charge in [-0.1, -0.05) is 11.3 Å². The zero-order valence-corrected chi connectivity index (χ0v) is 11.0. The number of thiazole rings is 2. The highest BCUT2D eigenvalue weighted by atomic mass is 32.1. The highest BCUT2D eigenvalue weighted by molar-refractivity contribution is 7.07. The maximum atomic E-state index is 11.7. The normalized spacial score (nSPS) is 12.0. The summed E-state index contributed by atoms with van der Waals surface area (Å²) in [4.78, 5) is 27.6. The summed E-state index contributed by atoms with van der Waals surface area (Å²) in [6.45, 7) is 1.81. The molecule has 2 aromatic rings. The lowest BCUT2D eigenvalue weighted by Gasteiger charge is -1.99. The molecule has 0 aliphatic heterocycles. The second-order valence-corrected chi connectivity index (χ2v) is 5.22. The van der Waals surface area contributed by atoms with E-state index in [0.717, 1.165) is 17.0 Å². The molecule has 0 saturated carbocycles. The van der Waals surface area contributed by atoms with Gasteiger partial charge in [-0.05, 0) is 6.92 Å². The predicted octanol–water partition coefficient (Wildman–Crippen LogP) is 0.746. The number of hydrogen-bond donors (Lipinski definition) is 0. The molecular formula is C10H11N3O2S2. The standard InChI is InChI=1S/C10H11N3O2S2/c1-7-6-17-10(15)13(7)5-8(14)11-9-12(2)3-4-16-9/h3-4,6H,5H2,1-2H3. The fourth-order valence-electron chi connectivity index (χ4n) is 1.31. The first-order valence-electron chi connectivity index (χ1n) is 4.90. The monoisotopic (exact) mass is 269 g/mol. The van der Waals surface area contributed by atoms with Crippen LogP contribution in [0.25, 0.3) is 0 Å². The number of aromatic nitrogens is 2. The van der Waals surface area contributed by atoms with Crippen LogP contribution in [0.15, 0.2) is 26.7 Å². The molecule has 17 heavy (non-hydrogen) atoms. The topological polar surface area (TPSA) is 56.4 Å². The van der Waals surface area contributed by atoms with Crippen LogP contribution >= 0.6 is 22.7 Å². The molecule has 1 amide bonds. The summed E-state index contributed by atoms with van der Waals surface area (Å²) < 4.78 is 3.20. The number of amides is 1. The zero-order chi connectivity index (χ0) is 12.4. The Balaban J connectivity index is 2.25. The number of nitrogens with zero attached hydrogens (tertiary/aromatic N) is 3. The average molecular weight is 269 g/mol. The van der Waals surface area contributed by atoms with Crippen LogP contribution in [-0.2, 0) is 18.4 Å². The van der Waals surface area contributed by atoms with Crippen LogP contribution in [-0.4, -0.2) is 15.0 Å². The van der Waals surface area contributed by atoms with E-state index < -0.39 is 0 Å². The van der Waals surface area contributed by atoms with Gasteiger partial charge in [0.15, 0.2) is 4.80 Å². The molecule has 90 valence electrons. The molecule has 0 saturated heterocycles. The van der Waals surface area contributed by atoms with E-state index in [0.29, 0.717) is 4.80 Å². The van der Waals surface area contributed by atoms with Gasteiger partial charge in [0.05, 0.1) is 0 Å². The first-order valence-corrected chi connectivity index (χ1v) is 6.66. The Hall–Kier alpha value is -1.47. The number of carbonyl (C=O) groups is 1. The molecule has 0 bridgehead atoms. The molecule has 0 spiro atoms. The van der Waals surface area contributed by atoms with Crippen molar-refractivity contribution in [3.05, 3.63) is 37.1 Å². The molecule has 0 aliphatic carbocycles. The molecule has 0 aromatic carbocycles. The Bertz CT molecular complexity index is 659. The van der Waals surface area contributed by atoms with Crippen molar-refractivity contribution in [3.8, 4) is 0 Å². The summed E-state index contributed by atoms with van der Waals surface area (Å²) in [5, 5.41) is 3.59. The van der Waals surface area contributed by atoms with Gasteiger partial charge in [0.1, 0.15) is 6.54 Å². The molecule has 5 nitrogen and oxygen atoms in total. The largest absolute Gasteiger partial charge is 0.327 e. The van der Waals surface area contributed by atoms with Gasteiger partial charge in [0, 0.05) is 29.7 Å². The van der Waals surface area contributed by atoms with Crippen molar-refractivity contribution < 1.29 is 4.79 Å². The highest BCUT2D eigenvalue weighted by Gasteiger charge is 2.07. The highest BCUT2D eigenvalue weighted by Crippen LogP contribution is 1.99. The van der Waals surface area contributed by atoms with Crippen molar-refractivity contribution in [1.82, 2.24) is 9.13 Å². The summed E-state index contributed by atoms with van der Waals surface area (Å²) in [5.74, 6) is -0.313. The van der Waals surface area contributed by atoms with Gasteiger partial charge in [-0.2, -0.15) is 4.99 Å². The van der Waals surface area contributed by atoms with E-state index in [1.54, 1.807) is 16.9 Å². The van der Waals surface area contributed by atoms with Crippen molar-refractivity contribution in [1.29, 1.82) is 0 Å². The first-order chi connectivity index (χ1) is 8.08. The van der Waals surface area contributed by atoms with Gasteiger partial charge >= 0.3 is 4.87 Å². The second-order valence-electron chi connectivity index (χ2n) is 3.53. The van der Waals surface area contributed by atoms with E-state index in [2.05, 4.69) is 4.99 Å². The van der Waals surface area contributed by atoms with Crippen LogP contribution in [0.2, 0.25) is 0 Å². The van der Waals surface area contributed by atoms with Crippen LogP contribution in [0, 0.1) is 6.92 Å². The lowest BCUT2D eigenvalue weighted by molar-refractivity contribution is -0.118. The minimum absolute atomic E-state index is 0.00602. The molecule has 0 fully saturated rings. The molecular weight excluding hydrogens is 258 g/mol. The van der Waals surface area contributed by atoms with E-state index in [1.807, 2.05) is 18.6 Å². The summed E-state index contributed by atoms with van der Waals surface area (Å²) >= 11 is 2.48. The van der Waals surface area contributed by atoms with Crippen LogP contribution in [0.5, 0.6) is 0 Å². The van der Waals surface area contributed by atoms with Crippen molar-refractivity contribution >= 4 is 28.6 Å². The smallest absolute Gasteiger partial charge is 0.307 e. The van der Waals surface area contributed by atoms with E-state index in [1.165, 1.54) is 15.9 Å². The number of hydrogen-bond acceptors (Lipinski definition) is 4. The third-order valence-corrected chi connectivity index (χ3v) is 3.98. The summed E-state index contributed by atoms with van der Waals surface area (Å²) in [6.07, 6.45) is 1.83. The second kappa shape index (κ2) is 4.80. The van der Waals surface area contributed by atoms with Crippen LogP contribution in [0.4, 0.5) is 0 Å². The van der Waals surface area contributed by atoms with Crippen molar-refractivity contribution in [3.63, 3.8) is 0 Å². The molecule has 0 N–H and O–H groups in total. The van der Waals surface area contributed by atoms with Gasteiger partial charge in [-0.25, -0.2) is 0 Å². The van der Waals surface area contributed by atoms with Crippen molar-refractivity contribution in [2.75, 3.05) is 0 Å². The maximum Gasteiger partial charge on any atom is 0.307 e. The van der Waals surface area contributed by atoms with Gasteiger partial charge in [0.2, 0.25) is 0 Å². The first kappa shape index (κ1) is 12.0. The van der Waals surface area contributed by atoms with E-state index >= 15 is 0 Å². The van der Waals surface area contributed by atoms with E-state index in [9.17, 15) is 9.59 Å². The maximum absolute atomic E-state index is 11.7. The van der Waals surface area contributed by atoms with Crippen molar-refractivity contribution in [2.45, 2.75) is 13.5 Å². The van der Waals surface area contributed by atoms with E-state index in [-0.39, 0.29) is 17.3 Å². The number of carbonyl (C=O) groups excluding carboxylic acids is 1. The third kappa shape index (κ3) is 2.62. The lowest BCUT2D eigenvalue weighted by Crippen LogP contribution is -2.21. The average Bonchev–Trinajstić information content (AvgIpc) is 2.80. The molecule has 0 atom stereocenters. The minimum Gasteiger partial charge on any atom is -0.327 e. The number of rotatable bonds is 2. The van der Waals surface area contributed by atoms with Crippen LogP contribution in [0.3, 0.4) is 0 Å².